The number of rotatable bonds is 4. The van der Waals surface area contributed by atoms with Crippen molar-refractivity contribution in [3.8, 4) is 0 Å². The average molecular weight is 369 g/mol. The van der Waals surface area contributed by atoms with E-state index in [1.165, 1.54) is 0 Å². The van der Waals surface area contributed by atoms with Crippen LogP contribution in [0.1, 0.15) is 11.1 Å². The van der Waals surface area contributed by atoms with Crippen LogP contribution in [0.25, 0.3) is 0 Å². The van der Waals surface area contributed by atoms with E-state index in [-0.39, 0.29) is 12.4 Å². The van der Waals surface area contributed by atoms with E-state index >= 15 is 0 Å². The fraction of sp³-hybridized carbons (Fsp3) is 0.250. The summed E-state index contributed by atoms with van der Waals surface area (Å²) in [5, 5.41) is 0. The first-order valence-electron chi connectivity index (χ1n) is 5.76. The van der Waals surface area contributed by atoms with E-state index in [1.807, 2.05) is 0 Å². The maximum absolute atomic E-state index is 11.4. The summed E-state index contributed by atoms with van der Waals surface area (Å²) in [6.07, 6.45) is -1.85. The molecule has 10 heteroatoms. The summed E-state index contributed by atoms with van der Waals surface area (Å²) in [5.41, 5.74) is 11.7. The molecule has 1 aromatic carbocycles. The third kappa shape index (κ3) is 7.35. The zero-order chi connectivity index (χ0) is 16.8. The normalized spacial score (nSPS) is 11.9. The van der Waals surface area contributed by atoms with Crippen LogP contribution in [0.2, 0.25) is 0 Å². The summed E-state index contributed by atoms with van der Waals surface area (Å²) in [6, 6.07) is 6.43. The van der Waals surface area contributed by atoms with Crippen LogP contribution in [-0.2, 0) is 16.1 Å². The molecule has 2 amide bonds. The highest BCUT2D eigenvalue weighted by molar-refractivity contribution is 6.67. The lowest BCUT2D eigenvalue weighted by Gasteiger charge is -2.09. The zero-order valence-electron chi connectivity index (χ0n) is 11.1. The van der Waals surface area contributed by atoms with Gasteiger partial charge >= 0.3 is 12.2 Å². The van der Waals surface area contributed by atoms with Crippen LogP contribution < -0.4 is 11.5 Å². The first-order valence-corrected chi connectivity index (χ1v) is 6.90. The second-order valence-corrected chi connectivity index (χ2v) is 6.49. The lowest BCUT2D eigenvalue weighted by molar-refractivity contribution is 0.150. The molecule has 7 nitrogen and oxygen atoms in total. The smallest absolute Gasteiger partial charge is 0.435 e. The molecule has 0 aliphatic rings. The zero-order valence-corrected chi connectivity index (χ0v) is 13.4. The molecule has 0 heterocycles. The molecule has 0 bridgehead atoms. The van der Waals surface area contributed by atoms with Crippen LogP contribution in [-0.4, -0.2) is 28.4 Å². The van der Waals surface area contributed by atoms with Gasteiger partial charge in [0.15, 0.2) is 0 Å². The molecule has 22 heavy (non-hydrogen) atoms. The van der Waals surface area contributed by atoms with Gasteiger partial charge in [-0.05, 0) is 5.56 Å². The molecule has 0 aliphatic heterocycles. The predicted molar refractivity (Wildman–Crippen MR) is 83.2 cm³/mol. The van der Waals surface area contributed by atoms with Gasteiger partial charge in [-0.2, -0.15) is 4.99 Å². The first kappa shape index (κ1) is 18.3. The molecule has 120 valence electrons. The molecular formula is C12H12Cl3N3O4. The molecular weight excluding hydrogens is 357 g/mol. The summed E-state index contributed by atoms with van der Waals surface area (Å²) < 4.78 is 7.52. The molecule has 1 aromatic rings. The van der Waals surface area contributed by atoms with Crippen molar-refractivity contribution < 1.29 is 19.1 Å². The van der Waals surface area contributed by atoms with Crippen molar-refractivity contribution in [3.63, 3.8) is 0 Å². The number of amides is 2. The third-order valence-electron chi connectivity index (χ3n) is 2.20. The molecule has 0 aromatic heterocycles. The Balaban J connectivity index is 2.64. The Hall–Kier alpha value is -1.70. The van der Waals surface area contributed by atoms with Crippen LogP contribution in [0.3, 0.4) is 0 Å². The number of ether oxygens (including phenoxy) is 2. The van der Waals surface area contributed by atoms with Crippen LogP contribution in [0, 0.1) is 0 Å². The number of hydrogen-bond donors (Lipinski definition) is 2. The van der Waals surface area contributed by atoms with Gasteiger partial charge in [-0.3, -0.25) is 0 Å². The average Bonchev–Trinajstić information content (AvgIpc) is 2.42. The quantitative estimate of drug-likeness (QED) is 0.481. The molecule has 0 atom stereocenters. The Morgan fingerprint density at radius 2 is 1.68 bits per heavy atom. The van der Waals surface area contributed by atoms with Gasteiger partial charge in [0, 0.05) is 5.56 Å². The number of primary amides is 1. The van der Waals surface area contributed by atoms with Crippen molar-refractivity contribution >= 4 is 52.8 Å². The maximum atomic E-state index is 11.4. The van der Waals surface area contributed by atoms with Gasteiger partial charge in [0.1, 0.15) is 19.0 Å². The van der Waals surface area contributed by atoms with E-state index in [0.717, 1.165) is 0 Å². The number of hydrogen-bond acceptors (Lipinski definition) is 4. The molecule has 0 spiro atoms. The van der Waals surface area contributed by atoms with Gasteiger partial charge in [-0.15, -0.1) is 0 Å². The minimum Gasteiger partial charge on any atom is -0.445 e. The van der Waals surface area contributed by atoms with Gasteiger partial charge in [-0.1, -0.05) is 59.1 Å². The standard InChI is InChI=1S/C12H12Cl3N3O4/c13-12(14,15)6-22-11(20)18-9(16)8-3-1-7(2-4-8)5-21-10(17)19/h1-4H,5-6H2,(H2,17,19)(H2,16,18,20). The first-order chi connectivity index (χ1) is 10.2. The summed E-state index contributed by atoms with van der Waals surface area (Å²) in [6.45, 7) is -0.422. The van der Waals surface area contributed by atoms with Crippen molar-refractivity contribution in [1.29, 1.82) is 0 Å². The lowest BCUT2D eigenvalue weighted by Crippen LogP contribution is -2.19. The number of aliphatic imine (C=N–C) groups is 1. The number of benzene rings is 1. The van der Waals surface area contributed by atoms with Crippen molar-refractivity contribution in [3.05, 3.63) is 35.4 Å². The summed E-state index contributed by atoms with van der Waals surface area (Å²) in [7, 11) is 0. The Morgan fingerprint density at radius 1 is 1.09 bits per heavy atom. The highest BCUT2D eigenvalue weighted by Gasteiger charge is 2.22. The number of alkyl halides is 3. The predicted octanol–water partition coefficient (Wildman–Crippen LogP) is 2.49. The molecule has 0 fully saturated rings. The van der Waals surface area contributed by atoms with Gasteiger partial charge < -0.3 is 20.9 Å². The molecule has 0 radical (unpaired) electrons. The fourth-order valence-electron chi connectivity index (χ4n) is 1.26. The fourth-order valence-corrected chi connectivity index (χ4v) is 1.43. The van der Waals surface area contributed by atoms with Crippen LogP contribution in [0.5, 0.6) is 0 Å². The molecule has 0 unspecified atom stereocenters. The Morgan fingerprint density at radius 3 is 2.18 bits per heavy atom. The Bertz CT molecular complexity index is 570. The highest BCUT2D eigenvalue weighted by atomic mass is 35.6. The van der Waals surface area contributed by atoms with E-state index in [2.05, 4.69) is 14.5 Å². The Kier molecular flexibility index (Phi) is 6.73. The van der Waals surface area contributed by atoms with Crippen molar-refractivity contribution in [2.24, 2.45) is 16.5 Å². The van der Waals surface area contributed by atoms with Crippen LogP contribution in [0.4, 0.5) is 9.59 Å². The van der Waals surface area contributed by atoms with E-state index < -0.39 is 22.6 Å². The number of carbonyl (C=O) groups excluding carboxylic acids is 2. The van der Waals surface area contributed by atoms with Gasteiger partial charge in [0.2, 0.25) is 3.79 Å². The van der Waals surface area contributed by atoms with Crippen molar-refractivity contribution in [2.75, 3.05) is 6.61 Å². The summed E-state index contributed by atoms with van der Waals surface area (Å²) in [4.78, 5) is 25.4. The SMILES string of the molecule is NC(=O)OCc1ccc(C(N)=NC(=O)OCC(Cl)(Cl)Cl)cc1. The molecule has 0 saturated carbocycles. The monoisotopic (exact) mass is 367 g/mol. The largest absolute Gasteiger partial charge is 0.445 e. The summed E-state index contributed by atoms with van der Waals surface area (Å²) >= 11 is 16.3. The maximum Gasteiger partial charge on any atom is 0.435 e. The lowest BCUT2D eigenvalue weighted by atomic mass is 10.1. The highest BCUT2D eigenvalue weighted by Crippen LogP contribution is 2.26. The third-order valence-corrected chi connectivity index (χ3v) is 2.53. The topological polar surface area (TPSA) is 117 Å². The second-order valence-electron chi connectivity index (χ2n) is 3.97. The Labute approximate surface area is 141 Å². The van der Waals surface area contributed by atoms with Gasteiger partial charge in [-0.25, -0.2) is 9.59 Å². The van der Waals surface area contributed by atoms with E-state index in [4.69, 9.17) is 46.3 Å². The van der Waals surface area contributed by atoms with E-state index in [1.54, 1.807) is 24.3 Å². The van der Waals surface area contributed by atoms with Crippen LogP contribution >= 0.6 is 34.8 Å². The molecule has 0 saturated heterocycles. The number of amidine groups is 1. The molecule has 0 aliphatic carbocycles. The molecule has 4 N–H and O–H groups in total. The van der Waals surface area contributed by atoms with Crippen molar-refractivity contribution in [1.82, 2.24) is 0 Å². The van der Waals surface area contributed by atoms with E-state index in [0.29, 0.717) is 11.1 Å². The minimum absolute atomic E-state index is 0.0257. The minimum atomic E-state index is -1.72. The van der Waals surface area contributed by atoms with E-state index in [9.17, 15) is 9.59 Å². The number of nitrogens with two attached hydrogens (primary N) is 2. The number of nitrogens with zero attached hydrogens (tertiary/aromatic N) is 1. The summed E-state index contributed by atoms with van der Waals surface area (Å²) in [5.74, 6) is -0.0725. The van der Waals surface area contributed by atoms with Crippen LogP contribution in [0.15, 0.2) is 29.3 Å². The van der Waals surface area contributed by atoms with Gasteiger partial charge in [0.05, 0.1) is 0 Å². The van der Waals surface area contributed by atoms with Crippen molar-refractivity contribution in [2.45, 2.75) is 10.4 Å². The second kappa shape index (κ2) is 8.07. The number of halogens is 3. The van der Waals surface area contributed by atoms with Gasteiger partial charge in [0.25, 0.3) is 0 Å². The molecule has 1 rings (SSSR count). The number of carbonyl (C=O) groups is 2.